The van der Waals surface area contributed by atoms with E-state index in [4.69, 9.17) is 0 Å². The largest absolute Gasteiger partial charge is 0.244 e. The van der Waals surface area contributed by atoms with E-state index in [-0.39, 0.29) is 0 Å². The van der Waals surface area contributed by atoms with Gasteiger partial charge in [-0.05, 0) is 45.5 Å². The molecule has 0 saturated heterocycles. The lowest BCUT2D eigenvalue weighted by molar-refractivity contribution is -0.688. The van der Waals surface area contributed by atoms with Crippen LogP contribution in [0.5, 0.6) is 0 Å². The van der Waals surface area contributed by atoms with Gasteiger partial charge in [-0.1, -0.05) is 99.5 Å². The second-order valence-electron chi connectivity index (χ2n) is 11.0. The van der Waals surface area contributed by atoms with Crippen molar-refractivity contribution in [2.75, 3.05) is 0 Å². The molecular formula is C36H40N4+2. The van der Waals surface area contributed by atoms with Crippen molar-refractivity contribution in [1.29, 1.82) is 0 Å². The highest BCUT2D eigenvalue weighted by Gasteiger charge is 2.20. The van der Waals surface area contributed by atoms with Gasteiger partial charge in [0.15, 0.2) is 0 Å². The van der Waals surface area contributed by atoms with E-state index in [1.165, 1.54) is 69.5 Å². The number of benzene rings is 4. The summed E-state index contributed by atoms with van der Waals surface area (Å²) < 4.78 is 9.29. The quantitative estimate of drug-likeness (QED) is 0.155. The Morgan fingerprint density at radius 2 is 1.00 bits per heavy atom. The van der Waals surface area contributed by atoms with Gasteiger partial charge in [-0.2, -0.15) is 0 Å². The third-order valence-electron chi connectivity index (χ3n) is 8.02. The molecule has 4 nitrogen and oxygen atoms in total. The normalized spacial score (nSPS) is 11.6. The average Bonchev–Trinajstić information content (AvgIpc) is 3.64. The smallest absolute Gasteiger partial charge is 0.237 e. The van der Waals surface area contributed by atoms with Gasteiger partial charge in [0.1, 0.15) is 37.9 Å². The topological polar surface area (TPSA) is 17.6 Å². The first-order chi connectivity index (χ1) is 19.7. The first kappa shape index (κ1) is 26.1. The van der Waals surface area contributed by atoms with Crippen molar-refractivity contribution in [3.05, 3.63) is 121 Å². The molecule has 202 valence electrons. The lowest BCUT2D eigenvalue weighted by Gasteiger charge is -2.18. The molecule has 0 spiro atoms. The summed E-state index contributed by atoms with van der Waals surface area (Å²) in [5, 5.41) is 5.19. The van der Waals surface area contributed by atoms with E-state index in [2.05, 4.69) is 142 Å². The van der Waals surface area contributed by atoms with Crippen molar-refractivity contribution in [1.82, 2.24) is 9.13 Å². The fraction of sp³-hybridized carbons (Fsp3) is 0.278. The molecule has 0 fully saturated rings. The predicted octanol–water partition coefficient (Wildman–Crippen LogP) is 7.53. The van der Waals surface area contributed by atoms with Crippen LogP contribution in [-0.2, 0) is 26.2 Å². The fourth-order valence-electron chi connectivity index (χ4n) is 5.89. The molecule has 4 heteroatoms. The van der Waals surface area contributed by atoms with Gasteiger partial charge in [-0.15, -0.1) is 0 Å². The van der Waals surface area contributed by atoms with E-state index in [9.17, 15) is 0 Å². The summed E-state index contributed by atoms with van der Waals surface area (Å²) in [6.45, 7) is 8.30. The van der Waals surface area contributed by atoms with Gasteiger partial charge in [-0.25, -0.2) is 18.3 Å². The van der Waals surface area contributed by atoms with Gasteiger partial charge in [0, 0.05) is 11.1 Å². The second-order valence-corrected chi connectivity index (χ2v) is 11.0. The molecule has 0 N–H and O–H groups in total. The van der Waals surface area contributed by atoms with E-state index in [1.807, 2.05) is 0 Å². The van der Waals surface area contributed by atoms with Crippen LogP contribution >= 0.6 is 0 Å². The van der Waals surface area contributed by atoms with Crippen LogP contribution in [0.3, 0.4) is 0 Å². The maximum Gasteiger partial charge on any atom is 0.244 e. The molecule has 0 amide bonds. The van der Waals surface area contributed by atoms with Crippen molar-refractivity contribution < 1.29 is 9.13 Å². The Balaban J connectivity index is 1.50. The van der Waals surface area contributed by atoms with Crippen LogP contribution in [0.2, 0.25) is 0 Å². The molecule has 0 saturated carbocycles. The summed E-state index contributed by atoms with van der Waals surface area (Å²) >= 11 is 0. The highest BCUT2D eigenvalue weighted by Crippen LogP contribution is 2.39. The van der Waals surface area contributed by atoms with E-state index in [1.54, 1.807) is 0 Å². The lowest BCUT2D eigenvalue weighted by atomic mass is 9.87. The Morgan fingerprint density at radius 1 is 0.550 bits per heavy atom. The zero-order valence-electron chi connectivity index (χ0n) is 23.8. The first-order valence-corrected chi connectivity index (χ1v) is 14.8. The van der Waals surface area contributed by atoms with Gasteiger partial charge in [0.05, 0.1) is 13.1 Å². The van der Waals surface area contributed by atoms with Gasteiger partial charge in [0.25, 0.3) is 0 Å². The molecule has 40 heavy (non-hydrogen) atoms. The Bertz CT molecular complexity index is 1610. The minimum absolute atomic E-state index is 0.836. The minimum Gasteiger partial charge on any atom is -0.237 e. The van der Waals surface area contributed by atoms with Crippen LogP contribution in [0.4, 0.5) is 0 Å². The number of hydrogen-bond acceptors (Lipinski definition) is 0. The van der Waals surface area contributed by atoms with Crippen molar-refractivity contribution in [2.24, 2.45) is 0 Å². The zero-order valence-corrected chi connectivity index (χ0v) is 23.8. The number of fused-ring (bicyclic) bond motifs is 2. The molecule has 2 aromatic heterocycles. The molecule has 0 radical (unpaired) electrons. The molecule has 2 heterocycles. The van der Waals surface area contributed by atoms with E-state index >= 15 is 0 Å². The predicted molar refractivity (Wildman–Crippen MR) is 164 cm³/mol. The van der Waals surface area contributed by atoms with Crippen LogP contribution in [0.1, 0.15) is 50.7 Å². The van der Waals surface area contributed by atoms with Gasteiger partial charge >= 0.3 is 0 Å². The summed E-state index contributed by atoms with van der Waals surface area (Å²) in [6.07, 6.45) is 18.2. The standard InChI is InChI=1S/C36H40N4/c1-3-5-19-37-21-23-39(27-37)25-31-17-15-29-11-7-9-13-33(29)35(31)36-32(18-16-30-12-8-10-14-34(30)36)26-40-24-22-38(28-40)20-6-4-2/h7-18,21-24,27-28H,3-6,19-20,25-26H2,1-2H3/q+2. The number of imidazole rings is 2. The number of unbranched alkanes of at least 4 members (excludes halogenated alkanes) is 2. The highest BCUT2D eigenvalue weighted by molar-refractivity contribution is 6.07. The fourth-order valence-corrected chi connectivity index (χ4v) is 5.89. The maximum atomic E-state index is 2.34. The van der Waals surface area contributed by atoms with Crippen molar-refractivity contribution >= 4 is 21.5 Å². The molecule has 4 aromatic carbocycles. The van der Waals surface area contributed by atoms with Crippen LogP contribution in [-0.4, -0.2) is 9.13 Å². The van der Waals surface area contributed by atoms with Crippen molar-refractivity contribution in [3.8, 4) is 11.1 Å². The lowest BCUT2D eigenvalue weighted by Crippen LogP contribution is -2.33. The Morgan fingerprint density at radius 3 is 1.45 bits per heavy atom. The molecule has 0 bridgehead atoms. The summed E-state index contributed by atoms with van der Waals surface area (Å²) in [6, 6.07) is 27.0. The second kappa shape index (κ2) is 11.9. The maximum absolute atomic E-state index is 2.34. The molecule has 0 aliphatic carbocycles. The molecule has 0 aliphatic heterocycles. The first-order valence-electron chi connectivity index (χ1n) is 14.8. The molecular weight excluding hydrogens is 488 g/mol. The van der Waals surface area contributed by atoms with Crippen LogP contribution in [0.25, 0.3) is 32.7 Å². The van der Waals surface area contributed by atoms with Crippen molar-refractivity contribution in [3.63, 3.8) is 0 Å². The number of nitrogens with zero attached hydrogens (tertiary/aromatic N) is 4. The number of aryl methyl sites for hydroxylation is 2. The van der Waals surface area contributed by atoms with Gasteiger partial charge < -0.3 is 0 Å². The Kier molecular flexibility index (Phi) is 7.76. The van der Waals surface area contributed by atoms with E-state index in [0.717, 1.165) is 26.2 Å². The van der Waals surface area contributed by atoms with Crippen molar-refractivity contribution in [2.45, 2.75) is 65.7 Å². The number of aromatic nitrogens is 4. The van der Waals surface area contributed by atoms with E-state index < -0.39 is 0 Å². The molecule has 0 atom stereocenters. The van der Waals surface area contributed by atoms with E-state index in [0.29, 0.717) is 0 Å². The zero-order chi connectivity index (χ0) is 27.3. The molecule has 6 aromatic rings. The molecule has 0 aliphatic rings. The number of rotatable bonds is 11. The number of hydrogen-bond donors (Lipinski definition) is 0. The Hall–Kier alpha value is -4.18. The highest BCUT2D eigenvalue weighted by atomic mass is 15.1. The molecule has 0 unspecified atom stereocenters. The SMILES string of the molecule is CCCCn1cc[n+](Cc2ccc3ccccc3c2-c2c(C[n+]3ccn(CCCC)c3)ccc3ccccc23)c1. The monoisotopic (exact) mass is 528 g/mol. The third kappa shape index (κ3) is 5.44. The molecule has 6 rings (SSSR count). The summed E-state index contributed by atoms with van der Waals surface area (Å²) in [7, 11) is 0. The van der Waals surface area contributed by atoms with Gasteiger partial charge in [0.2, 0.25) is 12.7 Å². The average molecular weight is 529 g/mol. The summed E-state index contributed by atoms with van der Waals surface area (Å²) in [5.74, 6) is 0. The third-order valence-corrected chi connectivity index (χ3v) is 8.02. The summed E-state index contributed by atoms with van der Waals surface area (Å²) in [5.41, 5.74) is 5.40. The minimum atomic E-state index is 0.836. The van der Waals surface area contributed by atoms with Gasteiger partial charge in [-0.3, -0.25) is 0 Å². The summed E-state index contributed by atoms with van der Waals surface area (Å²) in [4.78, 5) is 0. The van der Waals surface area contributed by atoms with Crippen LogP contribution < -0.4 is 9.13 Å². The van der Waals surface area contributed by atoms with Crippen LogP contribution in [0, 0.1) is 0 Å². The van der Waals surface area contributed by atoms with Crippen LogP contribution in [0.15, 0.2) is 110 Å². The Labute approximate surface area is 237 Å².